The van der Waals surface area contributed by atoms with Crippen LogP contribution in [-0.2, 0) is 16.1 Å². The van der Waals surface area contributed by atoms with Crippen molar-refractivity contribution in [3.63, 3.8) is 0 Å². The van der Waals surface area contributed by atoms with Gasteiger partial charge in [-0.2, -0.15) is 0 Å². The number of benzene rings is 1. The van der Waals surface area contributed by atoms with Crippen molar-refractivity contribution in [2.75, 3.05) is 27.9 Å². The van der Waals surface area contributed by atoms with Crippen LogP contribution in [0, 0.1) is 13.8 Å². The van der Waals surface area contributed by atoms with Gasteiger partial charge in [0.05, 0.1) is 21.3 Å². The van der Waals surface area contributed by atoms with E-state index < -0.39 is 18.5 Å². The summed E-state index contributed by atoms with van der Waals surface area (Å²) in [5, 5.41) is 2.66. The third-order valence-electron chi connectivity index (χ3n) is 4.54. The number of aryl methyl sites for hydroxylation is 1. The van der Waals surface area contributed by atoms with E-state index in [0.29, 0.717) is 39.6 Å². The lowest BCUT2D eigenvalue weighted by atomic mass is 10.1. The molecule has 30 heavy (non-hydrogen) atoms. The number of hydrogen-bond acceptors (Lipinski definition) is 7. The van der Waals surface area contributed by atoms with Gasteiger partial charge in [0.15, 0.2) is 23.9 Å². The van der Waals surface area contributed by atoms with E-state index >= 15 is 0 Å². The highest BCUT2D eigenvalue weighted by Gasteiger charge is 2.21. The number of methoxy groups -OCH3 is 3. The fourth-order valence-corrected chi connectivity index (χ4v) is 3.17. The van der Waals surface area contributed by atoms with E-state index in [2.05, 4.69) is 10.3 Å². The second-order valence-corrected chi connectivity index (χ2v) is 6.57. The van der Waals surface area contributed by atoms with Crippen LogP contribution < -0.4 is 19.5 Å². The van der Waals surface area contributed by atoms with Crippen molar-refractivity contribution in [2.45, 2.75) is 27.3 Å². The summed E-state index contributed by atoms with van der Waals surface area (Å²) in [6.45, 7) is 4.49. The van der Waals surface area contributed by atoms with Gasteiger partial charge in [-0.25, -0.2) is 4.79 Å². The van der Waals surface area contributed by atoms with Crippen molar-refractivity contribution in [2.24, 2.45) is 0 Å². The zero-order valence-electron chi connectivity index (χ0n) is 17.9. The molecule has 1 heterocycles. The van der Waals surface area contributed by atoms with Gasteiger partial charge in [-0.3, -0.25) is 9.59 Å². The Kier molecular flexibility index (Phi) is 7.46. The van der Waals surface area contributed by atoms with E-state index in [4.69, 9.17) is 18.9 Å². The number of rotatable bonds is 9. The molecule has 0 radical (unpaired) electrons. The number of ketones is 1. The third kappa shape index (κ3) is 4.91. The third-order valence-corrected chi connectivity index (χ3v) is 4.54. The van der Waals surface area contributed by atoms with Crippen LogP contribution in [0.25, 0.3) is 0 Å². The molecule has 0 atom stereocenters. The normalized spacial score (nSPS) is 10.3. The number of carbonyl (C=O) groups is 3. The summed E-state index contributed by atoms with van der Waals surface area (Å²) in [5.41, 5.74) is 2.41. The smallest absolute Gasteiger partial charge is 0.355 e. The molecule has 9 heteroatoms. The fourth-order valence-electron chi connectivity index (χ4n) is 3.17. The van der Waals surface area contributed by atoms with Crippen LogP contribution in [0.2, 0.25) is 0 Å². The minimum Gasteiger partial charge on any atom is -0.493 e. The zero-order valence-corrected chi connectivity index (χ0v) is 17.9. The number of aromatic nitrogens is 1. The molecule has 0 saturated heterocycles. The number of aromatic amines is 1. The summed E-state index contributed by atoms with van der Waals surface area (Å²) in [7, 11) is 4.50. The predicted octanol–water partition coefficient (Wildman–Crippen LogP) is 2.33. The number of hydrogen-bond donors (Lipinski definition) is 2. The molecule has 0 bridgehead atoms. The maximum Gasteiger partial charge on any atom is 0.355 e. The van der Waals surface area contributed by atoms with Gasteiger partial charge in [0, 0.05) is 17.8 Å². The molecular formula is C21H26N2O7. The monoisotopic (exact) mass is 418 g/mol. The topological polar surface area (TPSA) is 116 Å². The minimum atomic E-state index is -0.703. The van der Waals surface area contributed by atoms with E-state index in [-0.39, 0.29) is 18.0 Å². The van der Waals surface area contributed by atoms with Crippen molar-refractivity contribution < 1.29 is 33.3 Å². The van der Waals surface area contributed by atoms with Crippen LogP contribution in [0.5, 0.6) is 17.2 Å². The Balaban J connectivity index is 1.98. The highest BCUT2D eigenvalue weighted by molar-refractivity contribution is 6.01. The molecule has 1 amide bonds. The van der Waals surface area contributed by atoms with Crippen molar-refractivity contribution in [3.05, 3.63) is 40.2 Å². The molecule has 9 nitrogen and oxygen atoms in total. The second-order valence-electron chi connectivity index (χ2n) is 6.57. The molecule has 0 spiro atoms. The molecule has 0 unspecified atom stereocenters. The van der Waals surface area contributed by atoms with Gasteiger partial charge in [-0.05, 0) is 44.0 Å². The molecule has 0 aliphatic rings. The standard InChI is InChI=1S/C21H26N2O7/c1-11-18(13(3)24)12(2)23-19(11)21(26)30-10-17(25)22-9-14-7-15(27-4)20(29-6)16(8-14)28-5/h7-8,23H,9-10H2,1-6H3,(H,22,25). The first-order valence-electron chi connectivity index (χ1n) is 9.16. The first-order valence-corrected chi connectivity index (χ1v) is 9.16. The van der Waals surface area contributed by atoms with Gasteiger partial charge in [0.1, 0.15) is 5.69 Å². The number of amides is 1. The molecule has 2 N–H and O–H groups in total. The van der Waals surface area contributed by atoms with Gasteiger partial charge in [0.2, 0.25) is 5.75 Å². The highest BCUT2D eigenvalue weighted by Crippen LogP contribution is 2.38. The van der Waals surface area contributed by atoms with Gasteiger partial charge in [-0.15, -0.1) is 0 Å². The Morgan fingerprint density at radius 1 is 1.00 bits per heavy atom. The Morgan fingerprint density at radius 2 is 1.60 bits per heavy atom. The highest BCUT2D eigenvalue weighted by atomic mass is 16.5. The molecule has 0 aliphatic heterocycles. The van der Waals surface area contributed by atoms with Crippen LogP contribution in [0.1, 0.15) is 44.6 Å². The van der Waals surface area contributed by atoms with Gasteiger partial charge in [0.25, 0.3) is 5.91 Å². The van der Waals surface area contributed by atoms with E-state index in [1.165, 1.54) is 28.3 Å². The Labute approximate surface area is 174 Å². The largest absolute Gasteiger partial charge is 0.493 e. The zero-order chi connectivity index (χ0) is 22.4. The summed E-state index contributed by atoms with van der Waals surface area (Å²) in [5.74, 6) is 0.0441. The number of nitrogens with one attached hydrogen (secondary N) is 2. The van der Waals surface area contributed by atoms with Gasteiger partial charge in [-0.1, -0.05) is 0 Å². The summed E-state index contributed by atoms with van der Waals surface area (Å²) in [4.78, 5) is 38.9. The first kappa shape index (κ1) is 22.8. The number of carbonyl (C=O) groups excluding carboxylic acids is 3. The van der Waals surface area contributed by atoms with E-state index in [1.807, 2.05) is 0 Å². The summed E-state index contributed by atoms with van der Waals surface area (Å²) < 4.78 is 20.9. The van der Waals surface area contributed by atoms with Crippen molar-refractivity contribution in [3.8, 4) is 17.2 Å². The molecule has 2 rings (SSSR count). The average molecular weight is 418 g/mol. The molecule has 1 aromatic heterocycles. The van der Waals surface area contributed by atoms with Crippen molar-refractivity contribution in [1.29, 1.82) is 0 Å². The van der Waals surface area contributed by atoms with Crippen molar-refractivity contribution >= 4 is 17.7 Å². The number of H-pyrrole nitrogens is 1. The SMILES string of the molecule is COc1cc(CNC(=O)COC(=O)c2[nH]c(C)c(C(C)=O)c2C)cc(OC)c1OC. The molecule has 2 aromatic rings. The number of ether oxygens (including phenoxy) is 4. The van der Waals surface area contributed by atoms with Crippen LogP contribution in [-0.4, -0.2) is 50.6 Å². The maximum atomic E-state index is 12.3. The maximum absolute atomic E-state index is 12.3. The van der Waals surface area contributed by atoms with Crippen LogP contribution in [0.4, 0.5) is 0 Å². The quantitative estimate of drug-likeness (QED) is 0.474. The lowest BCUT2D eigenvalue weighted by Crippen LogP contribution is -2.28. The lowest BCUT2D eigenvalue weighted by molar-refractivity contribution is -0.124. The molecule has 0 saturated carbocycles. The Bertz CT molecular complexity index is 937. The van der Waals surface area contributed by atoms with Crippen LogP contribution in [0.15, 0.2) is 12.1 Å². The van der Waals surface area contributed by atoms with Crippen LogP contribution >= 0.6 is 0 Å². The average Bonchev–Trinajstić information content (AvgIpc) is 3.03. The summed E-state index contributed by atoms with van der Waals surface area (Å²) in [6, 6.07) is 3.42. The predicted molar refractivity (Wildman–Crippen MR) is 108 cm³/mol. The van der Waals surface area contributed by atoms with Gasteiger partial charge < -0.3 is 29.2 Å². The molecular weight excluding hydrogens is 392 g/mol. The first-order chi connectivity index (χ1) is 14.2. The van der Waals surface area contributed by atoms with Crippen molar-refractivity contribution in [1.82, 2.24) is 10.3 Å². The summed E-state index contributed by atoms with van der Waals surface area (Å²) >= 11 is 0. The molecule has 1 aromatic carbocycles. The van der Waals surface area contributed by atoms with E-state index in [1.54, 1.807) is 26.0 Å². The number of esters is 1. The lowest BCUT2D eigenvalue weighted by Gasteiger charge is -2.14. The summed E-state index contributed by atoms with van der Waals surface area (Å²) in [6.07, 6.45) is 0. The molecule has 0 aliphatic carbocycles. The molecule has 162 valence electrons. The number of Topliss-reactive ketones (excluding diaryl/α,β-unsaturated/α-hetero) is 1. The van der Waals surface area contributed by atoms with E-state index in [9.17, 15) is 14.4 Å². The Morgan fingerprint density at radius 3 is 2.07 bits per heavy atom. The second kappa shape index (κ2) is 9.82. The van der Waals surface area contributed by atoms with Crippen LogP contribution in [0.3, 0.4) is 0 Å². The minimum absolute atomic E-state index is 0.150. The van der Waals surface area contributed by atoms with Gasteiger partial charge >= 0.3 is 5.97 Å². The van der Waals surface area contributed by atoms with E-state index in [0.717, 1.165) is 0 Å². The fraction of sp³-hybridized carbons (Fsp3) is 0.381. The molecule has 0 fully saturated rings. The Hall–Kier alpha value is -3.49.